The van der Waals surface area contributed by atoms with Gasteiger partial charge in [0.2, 0.25) is 0 Å². The van der Waals surface area contributed by atoms with Crippen LogP contribution in [0.15, 0.2) is 54.9 Å². The average Bonchev–Trinajstić information content (AvgIpc) is 2.72. The minimum atomic E-state index is 0.384. The summed E-state index contributed by atoms with van der Waals surface area (Å²) in [4.78, 5) is 7.24. The number of piperazine rings is 1. The van der Waals surface area contributed by atoms with Crippen molar-refractivity contribution in [3.05, 3.63) is 66.0 Å². The number of aromatic nitrogens is 1. The number of nitrogens with one attached hydrogen (secondary N) is 2. The zero-order chi connectivity index (χ0) is 18.6. The lowest BCUT2D eigenvalue weighted by Gasteiger charge is -2.30. The van der Waals surface area contributed by atoms with Crippen LogP contribution < -0.4 is 14.5 Å². The van der Waals surface area contributed by atoms with Gasteiger partial charge < -0.3 is 19.6 Å². The molecular formula is C22H27N3O2+2. The standard InChI is InChI=1S/C22H25N3O2/c1-27-19-4-2-18-3-5-22(26)21(20(18)14-19)16-25-12-10-24(11-13-25)15-17-6-8-23-9-7-17/h2-9,14,26H,10-13,15-16H2,1H3/p+2. The molecule has 3 aromatic rings. The van der Waals surface area contributed by atoms with Crippen LogP contribution in [0.3, 0.4) is 0 Å². The molecule has 0 bridgehead atoms. The smallest absolute Gasteiger partial charge is 0.127 e. The SMILES string of the molecule is COc1ccc2ccc(O)c(C[NH+]3CC[NH+](Cc4ccncc4)CC3)c2c1. The predicted molar refractivity (Wildman–Crippen MR) is 105 cm³/mol. The summed E-state index contributed by atoms with van der Waals surface area (Å²) in [5, 5.41) is 12.7. The third kappa shape index (κ3) is 4.04. The monoisotopic (exact) mass is 365 g/mol. The first-order valence-electron chi connectivity index (χ1n) is 9.57. The van der Waals surface area contributed by atoms with Gasteiger partial charge in [-0.3, -0.25) is 4.98 Å². The molecule has 5 nitrogen and oxygen atoms in total. The second-order valence-corrected chi connectivity index (χ2v) is 7.36. The van der Waals surface area contributed by atoms with Crippen molar-refractivity contribution in [2.45, 2.75) is 13.1 Å². The number of phenolic OH excluding ortho intramolecular Hbond substituents is 1. The minimum Gasteiger partial charge on any atom is -0.507 e. The molecule has 1 aliphatic heterocycles. The fourth-order valence-corrected chi connectivity index (χ4v) is 4.01. The number of hydrogen-bond acceptors (Lipinski definition) is 3. The van der Waals surface area contributed by atoms with E-state index in [0.29, 0.717) is 5.75 Å². The maximum absolute atomic E-state index is 10.5. The van der Waals surface area contributed by atoms with Crippen molar-refractivity contribution < 1.29 is 19.6 Å². The molecule has 0 saturated carbocycles. The zero-order valence-corrected chi connectivity index (χ0v) is 15.7. The van der Waals surface area contributed by atoms with Crippen molar-refractivity contribution in [2.24, 2.45) is 0 Å². The fourth-order valence-electron chi connectivity index (χ4n) is 4.01. The van der Waals surface area contributed by atoms with Gasteiger partial charge in [0.15, 0.2) is 0 Å². The van der Waals surface area contributed by atoms with Crippen LogP contribution in [0.5, 0.6) is 11.5 Å². The number of quaternary nitrogens is 2. The van der Waals surface area contributed by atoms with Gasteiger partial charge in [-0.2, -0.15) is 0 Å². The highest BCUT2D eigenvalue weighted by atomic mass is 16.5. The van der Waals surface area contributed by atoms with Crippen molar-refractivity contribution in [2.75, 3.05) is 33.3 Å². The van der Waals surface area contributed by atoms with E-state index < -0.39 is 0 Å². The number of aromatic hydroxyl groups is 1. The average molecular weight is 365 g/mol. The van der Waals surface area contributed by atoms with Gasteiger partial charge in [0.25, 0.3) is 0 Å². The topological polar surface area (TPSA) is 51.2 Å². The largest absolute Gasteiger partial charge is 0.507 e. The van der Waals surface area contributed by atoms with Crippen LogP contribution >= 0.6 is 0 Å². The van der Waals surface area contributed by atoms with Crippen molar-refractivity contribution >= 4 is 10.8 Å². The van der Waals surface area contributed by atoms with Crippen LogP contribution in [0.1, 0.15) is 11.1 Å². The normalized spacial score (nSPS) is 19.9. The molecule has 0 amide bonds. The predicted octanol–water partition coefficient (Wildman–Crippen LogP) is 0.433. The number of phenols is 1. The molecule has 5 heteroatoms. The van der Waals surface area contributed by atoms with E-state index in [0.717, 1.165) is 61.4 Å². The van der Waals surface area contributed by atoms with Gasteiger partial charge in [-0.15, -0.1) is 0 Å². The number of ether oxygens (including phenoxy) is 1. The second kappa shape index (κ2) is 7.94. The molecule has 140 valence electrons. The number of methoxy groups -OCH3 is 1. The minimum absolute atomic E-state index is 0.384. The summed E-state index contributed by atoms with van der Waals surface area (Å²) in [6.45, 7) is 6.42. The highest BCUT2D eigenvalue weighted by Crippen LogP contribution is 2.29. The van der Waals surface area contributed by atoms with E-state index in [2.05, 4.69) is 23.2 Å². The first-order valence-corrected chi connectivity index (χ1v) is 9.57. The lowest BCUT2D eigenvalue weighted by molar-refractivity contribution is -1.02. The highest BCUT2D eigenvalue weighted by molar-refractivity contribution is 5.88. The molecule has 1 fully saturated rings. The van der Waals surface area contributed by atoms with Gasteiger partial charge >= 0.3 is 0 Å². The molecule has 2 heterocycles. The summed E-state index contributed by atoms with van der Waals surface area (Å²) in [5.74, 6) is 1.21. The Bertz CT molecular complexity index is 906. The molecule has 0 unspecified atom stereocenters. The van der Waals surface area contributed by atoms with E-state index in [9.17, 15) is 5.11 Å². The molecule has 2 aromatic carbocycles. The number of rotatable bonds is 5. The van der Waals surface area contributed by atoms with E-state index in [4.69, 9.17) is 4.74 Å². The van der Waals surface area contributed by atoms with Gasteiger partial charge in [0.05, 0.1) is 12.7 Å². The summed E-state index contributed by atoms with van der Waals surface area (Å²) >= 11 is 0. The number of benzene rings is 2. The van der Waals surface area contributed by atoms with Gasteiger partial charge in [-0.1, -0.05) is 12.1 Å². The Hall–Kier alpha value is -2.63. The molecule has 3 N–H and O–H groups in total. The quantitative estimate of drug-likeness (QED) is 0.615. The zero-order valence-electron chi connectivity index (χ0n) is 15.7. The number of fused-ring (bicyclic) bond motifs is 1. The van der Waals surface area contributed by atoms with Gasteiger partial charge in [0, 0.05) is 18.0 Å². The van der Waals surface area contributed by atoms with Crippen molar-refractivity contribution in [3.63, 3.8) is 0 Å². The fraction of sp³-hybridized carbons (Fsp3) is 0.318. The Balaban J connectivity index is 1.45. The molecule has 0 atom stereocenters. The molecule has 1 aliphatic rings. The molecule has 0 aliphatic carbocycles. The Morgan fingerprint density at radius 2 is 1.59 bits per heavy atom. The van der Waals surface area contributed by atoms with E-state index in [1.807, 2.05) is 36.7 Å². The molecule has 0 spiro atoms. The van der Waals surface area contributed by atoms with Crippen LogP contribution in [-0.4, -0.2) is 43.4 Å². The van der Waals surface area contributed by atoms with Crippen molar-refractivity contribution in [1.29, 1.82) is 0 Å². The molecule has 27 heavy (non-hydrogen) atoms. The maximum Gasteiger partial charge on any atom is 0.127 e. The Labute approximate surface area is 159 Å². The number of hydrogen-bond donors (Lipinski definition) is 3. The Kier molecular flexibility index (Phi) is 5.23. The van der Waals surface area contributed by atoms with E-state index in [1.54, 1.807) is 12.0 Å². The number of pyridine rings is 1. The van der Waals surface area contributed by atoms with Crippen LogP contribution in [0.4, 0.5) is 0 Å². The molecule has 4 rings (SSSR count). The summed E-state index contributed by atoms with van der Waals surface area (Å²) in [6, 6.07) is 14.1. The highest BCUT2D eigenvalue weighted by Gasteiger charge is 2.24. The first-order chi connectivity index (χ1) is 13.2. The summed E-state index contributed by atoms with van der Waals surface area (Å²) in [7, 11) is 1.68. The van der Waals surface area contributed by atoms with E-state index in [-0.39, 0.29) is 0 Å². The van der Waals surface area contributed by atoms with Crippen LogP contribution in [0.25, 0.3) is 10.8 Å². The summed E-state index contributed by atoms with van der Waals surface area (Å²) in [5.41, 5.74) is 2.38. The number of nitrogens with zero attached hydrogens (tertiary/aromatic N) is 1. The molecule has 0 radical (unpaired) electrons. The van der Waals surface area contributed by atoms with E-state index >= 15 is 0 Å². The first kappa shape index (κ1) is 17.8. The Morgan fingerprint density at radius 3 is 2.30 bits per heavy atom. The molecule has 1 saturated heterocycles. The van der Waals surface area contributed by atoms with Crippen LogP contribution in [-0.2, 0) is 13.1 Å². The lowest BCUT2D eigenvalue weighted by atomic mass is 10.0. The molecular weight excluding hydrogens is 338 g/mol. The van der Waals surface area contributed by atoms with Crippen molar-refractivity contribution in [1.82, 2.24) is 4.98 Å². The second-order valence-electron chi connectivity index (χ2n) is 7.36. The maximum atomic E-state index is 10.5. The van der Waals surface area contributed by atoms with Crippen LogP contribution in [0.2, 0.25) is 0 Å². The third-order valence-corrected chi connectivity index (χ3v) is 5.61. The third-order valence-electron chi connectivity index (χ3n) is 5.61. The Morgan fingerprint density at radius 1 is 0.926 bits per heavy atom. The van der Waals surface area contributed by atoms with Gasteiger partial charge in [-0.05, 0) is 41.1 Å². The van der Waals surface area contributed by atoms with Gasteiger partial charge in [-0.25, -0.2) is 0 Å². The van der Waals surface area contributed by atoms with E-state index in [1.165, 1.54) is 10.5 Å². The lowest BCUT2D eigenvalue weighted by Crippen LogP contribution is -3.27. The summed E-state index contributed by atoms with van der Waals surface area (Å²) < 4.78 is 5.38. The van der Waals surface area contributed by atoms with Crippen molar-refractivity contribution in [3.8, 4) is 11.5 Å². The summed E-state index contributed by atoms with van der Waals surface area (Å²) in [6.07, 6.45) is 3.74. The van der Waals surface area contributed by atoms with Crippen LogP contribution in [0, 0.1) is 0 Å². The molecule has 1 aromatic heterocycles. The van der Waals surface area contributed by atoms with Gasteiger partial charge in [0.1, 0.15) is 50.8 Å².